The molecule has 314 valence electrons. The van der Waals surface area contributed by atoms with E-state index in [1.807, 2.05) is 6.08 Å². The summed E-state index contributed by atoms with van der Waals surface area (Å²) in [5, 5.41) is 26.4. The number of hydrogen-bond donors (Lipinski definition) is 9. The van der Waals surface area contributed by atoms with Gasteiger partial charge in [0.05, 0.1) is 19.5 Å². The maximum Gasteiger partial charge on any atom is 0.481 e. The van der Waals surface area contributed by atoms with Crippen molar-refractivity contribution in [1.29, 1.82) is 0 Å². The molecule has 28 heteroatoms. The van der Waals surface area contributed by atoms with Crippen molar-refractivity contribution in [2.45, 2.75) is 76.6 Å². The van der Waals surface area contributed by atoms with Crippen LogP contribution >= 0.6 is 35.2 Å². The zero-order valence-electron chi connectivity index (χ0n) is 30.0. The van der Waals surface area contributed by atoms with Crippen LogP contribution in [0.4, 0.5) is 5.82 Å². The molecule has 3 heterocycles. The molecule has 4 rings (SSSR count). The summed E-state index contributed by atoms with van der Waals surface area (Å²) in [4.78, 5) is 87.9. The van der Waals surface area contributed by atoms with Gasteiger partial charge in [-0.25, -0.2) is 28.6 Å². The van der Waals surface area contributed by atoms with Crippen LogP contribution in [-0.2, 0) is 50.7 Å². The van der Waals surface area contributed by atoms with E-state index in [9.17, 15) is 57.9 Å². The average molecular weight is 876 g/mol. The lowest BCUT2D eigenvalue weighted by Crippen LogP contribution is -2.46. The van der Waals surface area contributed by atoms with Crippen molar-refractivity contribution in [3.63, 3.8) is 0 Å². The third kappa shape index (κ3) is 13.2. The predicted octanol–water partition coefficient (Wildman–Crippen LogP) is 0.165. The standard InChI is InChI=1S/C28H44N7O17P3S/c1-28(2,22(38)25(39)31-9-8-18(36)30-10-11-56-27(40)16-6-4-3-5-7-16)13-49-55(46,47)52-54(44,45)48-12-17-21(51-53(41,42)43)20(37)26(50-17)35-15-34-19-23(29)32-14-33-24(19)35/h6,14-15,17,20-22,26,37-38H,3-5,7-13H2,1-2H3,(H,30,36)(H,31,39)(H,44,45)(H,46,47)(H2,29,32,33)(H2,41,42,43)/t17-,20-,21-,22+,26-/m1/s1. The Morgan fingerprint density at radius 1 is 1.07 bits per heavy atom. The number of phosphoric ester groups is 3. The highest BCUT2D eigenvalue weighted by molar-refractivity contribution is 8.14. The number of nitrogens with one attached hydrogen (secondary N) is 2. The second-order valence-corrected chi connectivity index (χ2v) is 18.5. The Balaban J connectivity index is 1.23. The normalized spacial score (nSPS) is 23.2. The van der Waals surface area contributed by atoms with Crippen molar-refractivity contribution in [1.82, 2.24) is 30.2 Å². The number of carbonyl (C=O) groups excluding carboxylic acids is 3. The van der Waals surface area contributed by atoms with E-state index in [1.54, 1.807) is 0 Å². The monoisotopic (exact) mass is 875 g/mol. The molecule has 2 unspecified atom stereocenters. The smallest absolute Gasteiger partial charge is 0.386 e. The quantitative estimate of drug-likeness (QED) is 0.0632. The van der Waals surface area contributed by atoms with Crippen LogP contribution in [0.1, 0.15) is 52.2 Å². The zero-order chi connectivity index (χ0) is 41.5. The van der Waals surface area contributed by atoms with Crippen molar-refractivity contribution < 1.29 is 80.5 Å². The topological polar surface area (TPSA) is 364 Å². The molecular weight excluding hydrogens is 831 g/mol. The number of amides is 2. The Kier molecular flexibility index (Phi) is 15.9. The number of aliphatic hydroxyl groups is 2. The SMILES string of the molecule is CC(C)(COP(=O)(O)OP(=O)(O)OC[C@H]1O[C@@H](n2cnc3c(N)ncnc32)[C@H](O)[C@@H]1OP(=O)(O)O)[C@@H](O)C(=O)NCCC(=O)NCCSC(=O)C1=CCCCC1. The number of aliphatic hydroxyl groups excluding tert-OH is 2. The van der Waals surface area contributed by atoms with E-state index in [0.717, 1.165) is 60.2 Å². The number of phosphoric acid groups is 3. The van der Waals surface area contributed by atoms with E-state index in [-0.39, 0.29) is 41.6 Å². The molecule has 0 bridgehead atoms. The van der Waals surface area contributed by atoms with E-state index in [2.05, 4.69) is 34.4 Å². The fourth-order valence-corrected chi connectivity index (χ4v) is 8.98. The number of thioether (sulfide) groups is 1. The molecule has 0 spiro atoms. The molecule has 0 aromatic carbocycles. The summed E-state index contributed by atoms with van der Waals surface area (Å²) in [5.74, 6) is -1.07. The first-order chi connectivity index (χ1) is 26.1. The van der Waals surface area contributed by atoms with Crippen molar-refractivity contribution in [3.8, 4) is 0 Å². The first-order valence-corrected chi connectivity index (χ1v) is 22.3. The predicted molar refractivity (Wildman–Crippen MR) is 194 cm³/mol. The van der Waals surface area contributed by atoms with Crippen LogP contribution in [0, 0.1) is 5.41 Å². The lowest BCUT2D eigenvalue weighted by atomic mass is 9.87. The molecule has 0 radical (unpaired) electrons. The highest BCUT2D eigenvalue weighted by atomic mass is 32.2. The van der Waals surface area contributed by atoms with E-state index in [4.69, 9.17) is 19.5 Å². The second-order valence-electron chi connectivity index (χ2n) is 13.2. The Bertz CT molecular complexity index is 1910. The van der Waals surface area contributed by atoms with E-state index >= 15 is 0 Å². The second kappa shape index (κ2) is 19.4. The number of hydrogen-bond acceptors (Lipinski definition) is 18. The Morgan fingerprint density at radius 2 is 1.79 bits per heavy atom. The molecule has 1 saturated heterocycles. The molecule has 2 aromatic heterocycles. The first-order valence-electron chi connectivity index (χ1n) is 16.8. The molecule has 1 aliphatic carbocycles. The van der Waals surface area contributed by atoms with Gasteiger partial charge in [0.2, 0.25) is 16.9 Å². The van der Waals surface area contributed by atoms with Gasteiger partial charge in [-0.3, -0.25) is 32.5 Å². The summed E-state index contributed by atoms with van der Waals surface area (Å²) in [7, 11) is -16.4. The maximum absolute atomic E-state index is 12.7. The number of carbonyl (C=O) groups is 3. The number of imidazole rings is 1. The third-order valence-electron chi connectivity index (χ3n) is 8.29. The minimum atomic E-state index is -5.57. The van der Waals surface area contributed by atoms with Gasteiger partial charge in [-0.15, -0.1) is 0 Å². The van der Waals surface area contributed by atoms with Crippen LogP contribution in [0.3, 0.4) is 0 Å². The van der Waals surface area contributed by atoms with Crippen molar-refractivity contribution >= 4 is 69.1 Å². The molecule has 2 aromatic rings. The Hall–Kier alpha value is -2.70. The van der Waals surface area contributed by atoms with Gasteiger partial charge in [0.25, 0.3) is 0 Å². The average Bonchev–Trinajstić information content (AvgIpc) is 3.68. The molecule has 7 atom stereocenters. The lowest BCUT2D eigenvalue weighted by Gasteiger charge is -2.30. The molecule has 10 N–H and O–H groups in total. The van der Waals surface area contributed by atoms with Gasteiger partial charge < -0.3 is 50.9 Å². The molecule has 2 aliphatic rings. The highest BCUT2D eigenvalue weighted by Crippen LogP contribution is 2.61. The maximum atomic E-state index is 12.7. The summed E-state index contributed by atoms with van der Waals surface area (Å²) in [6.45, 7) is 0.535. The van der Waals surface area contributed by atoms with Crippen LogP contribution in [0.2, 0.25) is 0 Å². The molecule has 56 heavy (non-hydrogen) atoms. The molecular formula is C28H44N7O17P3S. The first kappa shape index (κ1) is 46.0. The third-order valence-corrected chi connectivity index (χ3v) is 12.3. The molecule has 1 aliphatic heterocycles. The van der Waals surface area contributed by atoms with Gasteiger partial charge in [-0.2, -0.15) is 4.31 Å². The Labute approximate surface area is 323 Å². The fourth-order valence-electron chi connectivity index (χ4n) is 5.39. The summed E-state index contributed by atoms with van der Waals surface area (Å²) >= 11 is 1.11. The minimum absolute atomic E-state index is 0.0177. The number of nitrogens with zero attached hydrogens (tertiary/aromatic N) is 4. The van der Waals surface area contributed by atoms with E-state index in [1.165, 1.54) is 13.8 Å². The number of ether oxygens (including phenoxy) is 1. The molecule has 2 amide bonds. The van der Waals surface area contributed by atoms with Crippen LogP contribution in [0.25, 0.3) is 11.2 Å². The van der Waals surface area contributed by atoms with Crippen LogP contribution < -0.4 is 16.4 Å². The number of allylic oxidation sites excluding steroid dienone is 1. The number of aromatic nitrogens is 4. The number of nitrogen functional groups attached to an aromatic ring is 1. The fraction of sp³-hybridized carbons (Fsp3) is 0.643. The van der Waals surface area contributed by atoms with E-state index < -0.39 is 84.6 Å². The van der Waals surface area contributed by atoms with Crippen LogP contribution in [0.15, 0.2) is 24.3 Å². The number of anilines is 1. The zero-order valence-corrected chi connectivity index (χ0v) is 33.5. The van der Waals surface area contributed by atoms with Gasteiger partial charge in [-0.1, -0.05) is 31.7 Å². The summed E-state index contributed by atoms with van der Waals surface area (Å²) < 4.78 is 62.1. The Morgan fingerprint density at radius 3 is 2.46 bits per heavy atom. The van der Waals surface area contributed by atoms with Gasteiger partial charge in [0.15, 0.2) is 17.7 Å². The summed E-state index contributed by atoms with van der Waals surface area (Å²) in [5.41, 5.74) is 5.06. The number of nitrogens with two attached hydrogens (primary N) is 1. The summed E-state index contributed by atoms with van der Waals surface area (Å²) in [6, 6.07) is 0. The molecule has 24 nitrogen and oxygen atoms in total. The highest BCUT2D eigenvalue weighted by Gasteiger charge is 2.50. The van der Waals surface area contributed by atoms with Crippen molar-refractivity contribution in [3.05, 3.63) is 24.3 Å². The number of fused-ring (bicyclic) bond motifs is 1. The van der Waals surface area contributed by atoms with Gasteiger partial charge >= 0.3 is 23.5 Å². The lowest BCUT2D eigenvalue weighted by molar-refractivity contribution is -0.137. The van der Waals surface area contributed by atoms with Crippen LogP contribution in [-0.4, -0.2) is 123 Å². The van der Waals surface area contributed by atoms with Crippen molar-refractivity contribution in [2.75, 3.05) is 37.8 Å². The summed E-state index contributed by atoms with van der Waals surface area (Å²) in [6.07, 6.45) is -1.30. The van der Waals surface area contributed by atoms with Gasteiger partial charge in [0.1, 0.15) is 36.3 Å². The van der Waals surface area contributed by atoms with Gasteiger partial charge in [0, 0.05) is 36.3 Å². The van der Waals surface area contributed by atoms with Gasteiger partial charge in [-0.05, 0) is 25.7 Å². The molecule has 1 fully saturated rings. The van der Waals surface area contributed by atoms with E-state index in [0.29, 0.717) is 5.75 Å². The molecule has 0 saturated carbocycles. The van der Waals surface area contributed by atoms with Crippen LogP contribution in [0.5, 0.6) is 0 Å². The largest absolute Gasteiger partial charge is 0.481 e. The number of rotatable bonds is 20. The van der Waals surface area contributed by atoms with Crippen molar-refractivity contribution in [2.24, 2.45) is 5.41 Å². The minimum Gasteiger partial charge on any atom is -0.386 e.